The topological polar surface area (TPSA) is 0 Å². The normalized spacial score (nSPS) is 34.9. The van der Waals surface area contributed by atoms with Crippen LogP contribution in [-0.4, -0.2) is 0 Å². The predicted molar refractivity (Wildman–Crippen MR) is 34.7 cm³/mol. The van der Waals surface area contributed by atoms with Crippen LogP contribution in [0.2, 0.25) is 0 Å². The Morgan fingerprint density at radius 3 is 2.12 bits per heavy atom. The van der Waals surface area contributed by atoms with Crippen molar-refractivity contribution in [2.24, 2.45) is 5.92 Å². The Kier molecular flexibility index (Phi) is 0.787. The summed E-state index contributed by atoms with van der Waals surface area (Å²) in [6, 6.07) is 0. The lowest BCUT2D eigenvalue weighted by Gasteiger charge is -2.25. The molecule has 2 saturated carbocycles. The minimum Gasteiger partial charge on any atom is -0.0704 e. The highest BCUT2D eigenvalue weighted by Crippen LogP contribution is 2.43. The van der Waals surface area contributed by atoms with Crippen LogP contribution in [0.5, 0.6) is 0 Å². The average molecular weight is 108 g/mol. The highest BCUT2D eigenvalue weighted by atomic mass is 14.3. The maximum absolute atomic E-state index is 2.34. The van der Waals surface area contributed by atoms with Gasteiger partial charge in [-0.15, -0.1) is 0 Å². The predicted octanol–water partition coefficient (Wildman–Crippen LogP) is 2.51. The third-order valence-electron chi connectivity index (χ3n) is 2.19. The van der Waals surface area contributed by atoms with Crippen LogP contribution in [0.15, 0.2) is 11.1 Å². The van der Waals surface area contributed by atoms with Crippen molar-refractivity contribution in [1.29, 1.82) is 0 Å². The quantitative estimate of drug-likeness (QED) is 0.418. The molecule has 2 aliphatic carbocycles. The zero-order valence-corrected chi connectivity index (χ0v) is 5.41. The molecule has 0 aromatic rings. The first-order chi connectivity index (χ1) is 3.86. The Hall–Kier alpha value is -0.260. The maximum Gasteiger partial charge on any atom is -0.0280 e. The van der Waals surface area contributed by atoms with Crippen molar-refractivity contribution in [2.45, 2.75) is 32.6 Å². The summed E-state index contributed by atoms with van der Waals surface area (Å²) in [6.07, 6.45) is 5.72. The molecule has 0 amide bonds. The summed E-state index contributed by atoms with van der Waals surface area (Å²) in [5, 5.41) is 0. The smallest absolute Gasteiger partial charge is 0.0280 e. The zero-order valence-electron chi connectivity index (χ0n) is 5.41. The molecule has 0 spiro atoms. The van der Waals surface area contributed by atoms with Crippen molar-refractivity contribution in [3.63, 3.8) is 0 Å². The summed E-state index contributed by atoms with van der Waals surface area (Å²) in [7, 11) is 0. The molecular formula is C8H12. The van der Waals surface area contributed by atoms with Gasteiger partial charge in [-0.2, -0.15) is 0 Å². The molecule has 44 valence electrons. The second kappa shape index (κ2) is 1.37. The largest absolute Gasteiger partial charge is 0.0704 e. The van der Waals surface area contributed by atoms with E-state index in [1.54, 1.807) is 11.1 Å². The van der Waals surface area contributed by atoms with Gasteiger partial charge in [0.1, 0.15) is 0 Å². The monoisotopic (exact) mass is 108 g/mol. The van der Waals surface area contributed by atoms with Crippen molar-refractivity contribution in [2.75, 3.05) is 0 Å². The number of hydrogen-bond donors (Lipinski definition) is 0. The Morgan fingerprint density at radius 2 is 1.75 bits per heavy atom. The van der Waals surface area contributed by atoms with Crippen LogP contribution in [-0.2, 0) is 0 Å². The van der Waals surface area contributed by atoms with E-state index in [1.165, 1.54) is 25.7 Å². The minimum atomic E-state index is 1.01. The standard InChI is InChI=1S/C8H12/c1-6-4-8(5-6)7-2-3-7/h6H,2-5H2,1H3. The first-order valence-corrected chi connectivity index (χ1v) is 3.56. The fourth-order valence-electron chi connectivity index (χ4n) is 1.49. The molecule has 8 heavy (non-hydrogen) atoms. The third-order valence-corrected chi connectivity index (χ3v) is 2.19. The Morgan fingerprint density at radius 1 is 1.12 bits per heavy atom. The van der Waals surface area contributed by atoms with Gasteiger partial charge in [-0.05, 0) is 31.6 Å². The van der Waals surface area contributed by atoms with E-state index in [0.717, 1.165) is 5.92 Å². The molecular weight excluding hydrogens is 96.1 g/mol. The summed E-state index contributed by atoms with van der Waals surface area (Å²) in [4.78, 5) is 0. The number of hydrogen-bond acceptors (Lipinski definition) is 0. The van der Waals surface area contributed by atoms with Crippen LogP contribution >= 0.6 is 0 Å². The van der Waals surface area contributed by atoms with Crippen molar-refractivity contribution in [3.8, 4) is 0 Å². The molecule has 0 saturated heterocycles. The molecule has 0 heteroatoms. The molecule has 0 heterocycles. The van der Waals surface area contributed by atoms with E-state index >= 15 is 0 Å². The van der Waals surface area contributed by atoms with Gasteiger partial charge in [0.2, 0.25) is 0 Å². The molecule has 0 bridgehead atoms. The number of allylic oxidation sites excluding steroid dienone is 2. The molecule has 2 aliphatic rings. The van der Waals surface area contributed by atoms with Gasteiger partial charge in [-0.1, -0.05) is 18.1 Å². The van der Waals surface area contributed by atoms with Gasteiger partial charge in [0.15, 0.2) is 0 Å². The van der Waals surface area contributed by atoms with E-state index in [2.05, 4.69) is 6.92 Å². The fourth-order valence-corrected chi connectivity index (χ4v) is 1.49. The van der Waals surface area contributed by atoms with E-state index in [9.17, 15) is 0 Å². The molecule has 0 aliphatic heterocycles. The van der Waals surface area contributed by atoms with Gasteiger partial charge in [0.05, 0.1) is 0 Å². The highest BCUT2D eigenvalue weighted by Gasteiger charge is 2.26. The molecule has 0 unspecified atom stereocenters. The zero-order chi connectivity index (χ0) is 5.56. The Labute approximate surface area is 50.6 Å². The Bertz CT molecular complexity index is 128. The van der Waals surface area contributed by atoms with Gasteiger partial charge in [-0.3, -0.25) is 0 Å². The second-order valence-corrected chi connectivity index (χ2v) is 3.22. The molecule has 0 atom stereocenters. The van der Waals surface area contributed by atoms with Crippen LogP contribution < -0.4 is 0 Å². The van der Waals surface area contributed by atoms with Gasteiger partial charge in [0.25, 0.3) is 0 Å². The number of rotatable bonds is 0. The second-order valence-electron chi connectivity index (χ2n) is 3.22. The summed E-state index contributed by atoms with van der Waals surface area (Å²) in [5.41, 5.74) is 3.60. The average Bonchev–Trinajstić information content (AvgIpc) is 2.37. The first-order valence-electron chi connectivity index (χ1n) is 3.56. The molecule has 0 aromatic carbocycles. The first kappa shape index (κ1) is 4.60. The molecule has 0 nitrogen and oxygen atoms in total. The van der Waals surface area contributed by atoms with Crippen molar-refractivity contribution >= 4 is 0 Å². The summed E-state index contributed by atoms with van der Waals surface area (Å²) in [5.74, 6) is 1.01. The highest BCUT2D eigenvalue weighted by molar-refractivity contribution is 5.29. The Balaban J connectivity index is 2.03. The molecule has 0 N–H and O–H groups in total. The van der Waals surface area contributed by atoms with Crippen LogP contribution in [0, 0.1) is 5.92 Å². The summed E-state index contributed by atoms with van der Waals surface area (Å²) >= 11 is 0. The van der Waals surface area contributed by atoms with Crippen molar-refractivity contribution < 1.29 is 0 Å². The minimum absolute atomic E-state index is 1.01. The van der Waals surface area contributed by atoms with E-state index < -0.39 is 0 Å². The SMILES string of the molecule is CC1CC(=C2CC2)C1. The summed E-state index contributed by atoms with van der Waals surface area (Å²) in [6.45, 7) is 2.34. The lowest BCUT2D eigenvalue weighted by atomic mass is 9.81. The molecule has 2 rings (SSSR count). The van der Waals surface area contributed by atoms with Crippen molar-refractivity contribution in [3.05, 3.63) is 11.1 Å². The maximum atomic E-state index is 2.34. The molecule has 0 aromatic heterocycles. The lowest BCUT2D eigenvalue weighted by Crippen LogP contribution is -2.09. The van der Waals surface area contributed by atoms with Crippen LogP contribution in [0.1, 0.15) is 32.6 Å². The third kappa shape index (κ3) is 0.594. The van der Waals surface area contributed by atoms with Gasteiger partial charge >= 0.3 is 0 Å². The van der Waals surface area contributed by atoms with Gasteiger partial charge < -0.3 is 0 Å². The van der Waals surface area contributed by atoms with Crippen LogP contribution in [0.3, 0.4) is 0 Å². The van der Waals surface area contributed by atoms with Gasteiger partial charge in [-0.25, -0.2) is 0 Å². The molecule has 2 fully saturated rings. The fraction of sp³-hybridized carbons (Fsp3) is 0.750. The van der Waals surface area contributed by atoms with E-state index in [-0.39, 0.29) is 0 Å². The van der Waals surface area contributed by atoms with Crippen LogP contribution in [0.4, 0.5) is 0 Å². The van der Waals surface area contributed by atoms with E-state index in [0.29, 0.717) is 0 Å². The molecule has 0 radical (unpaired) electrons. The lowest BCUT2D eigenvalue weighted by molar-refractivity contribution is 0.458. The van der Waals surface area contributed by atoms with Crippen LogP contribution in [0.25, 0.3) is 0 Å². The van der Waals surface area contributed by atoms with Gasteiger partial charge in [0, 0.05) is 0 Å². The van der Waals surface area contributed by atoms with Crippen molar-refractivity contribution in [1.82, 2.24) is 0 Å². The van der Waals surface area contributed by atoms with E-state index in [4.69, 9.17) is 0 Å². The summed E-state index contributed by atoms with van der Waals surface area (Å²) < 4.78 is 0. The van der Waals surface area contributed by atoms with E-state index in [1.807, 2.05) is 0 Å².